The van der Waals surface area contributed by atoms with Crippen LogP contribution in [-0.4, -0.2) is 27.4 Å². The summed E-state index contributed by atoms with van der Waals surface area (Å²) in [6, 6.07) is 47.6. The Morgan fingerprint density at radius 3 is 0.989 bits per heavy atom. The lowest BCUT2D eigenvalue weighted by atomic mass is 9.64. The number of benzene rings is 5. The van der Waals surface area contributed by atoms with Crippen molar-refractivity contribution in [3.8, 4) is 45.3 Å². The highest BCUT2D eigenvalue weighted by Crippen LogP contribution is 2.58. The summed E-state index contributed by atoms with van der Waals surface area (Å²) in [7, 11) is 3.87. The predicted octanol–water partition coefficient (Wildman–Crippen LogP) is 15.7. The molecule has 0 radical (unpaired) electrons. The van der Waals surface area contributed by atoms with Gasteiger partial charge < -0.3 is 18.9 Å². The Morgan fingerprint density at radius 2 is 0.644 bits per heavy atom. The summed E-state index contributed by atoms with van der Waals surface area (Å²) in [6.07, 6.45) is 39.2. The SMILES string of the molecule is COc1c2cc3cc1[C@H]1CC[C@H]1c1cc(cc4c1OCCCC[n+]1ccc(cc1)-c1cc[n+](cc1)Cc1ccc(cc1)C[n+]1ccc(cc1)-c1cc[n+](cc1)CCCCOc1c(cc5cc1[C@@H]1CC[C@@H]1c1cc(cc(c1OC)C4)CCCCC5)C2)CCCCC3. The maximum atomic E-state index is 7.42. The van der Waals surface area contributed by atoms with Crippen molar-refractivity contribution in [2.75, 3.05) is 27.4 Å². The van der Waals surface area contributed by atoms with Gasteiger partial charge in [-0.2, -0.15) is 0 Å². The Labute approximate surface area is 534 Å². The second-order valence-corrected chi connectivity index (χ2v) is 27.3. The van der Waals surface area contributed by atoms with Gasteiger partial charge in [0.25, 0.3) is 0 Å². The van der Waals surface area contributed by atoms with Crippen molar-refractivity contribution in [1.82, 2.24) is 0 Å². The third-order valence-electron chi connectivity index (χ3n) is 21.3. The lowest BCUT2D eigenvalue weighted by Crippen LogP contribution is -2.34. The average molecular weight is 1200 g/mol. The minimum Gasteiger partial charge on any atom is -0.496 e. The molecule has 2 fully saturated rings. The number of pyridine rings is 4. The number of fused-ring (bicyclic) bond motifs is 5. The highest BCUT2D eigenvalue weighted by molar-refractivity contribution is 5.63. The van der Waals surface area contributed by atoms with Crippen molar-refractivity contribution in [3.63, 3.8) is 0 Å². The van der Waals surface area contributed by atoms with Crippen LogP contribution in [0.5, 0.6) is 23.0 Å². The lowest BCUT2D eigenvalue weighted by molar-refractivity contribution is -0.697. The number of rotatable bonds is 2. The maximum Gasteiger partial charge on any atom is 0.173 e. The average Bonchev–Trinajstić information content (AvgIpc) is 2.88. The van der Waals surface area contributed by atoms with Gasteiger partial charge in [0.2, 0.25) is 0 Å². The first-order valence-electron chi connectivity index (χ1n) is 34.4. The molecule has 0 amide bonds. The van der Waals surface area contributed by atoms with E-state index in [4.69, 9.17) is 18.9 Å². The van der Waals surface area contributed by atoms with Crippen LogP contribution in [0.3, 0.4) is 0 Å². The van der Waals surface area contributed by atoms with Gasteiger partial charge in [0.15, 0.2) is 62.7 Å². The zero-order chi connectivity index (χ0) is 60.3. The van der Waals surface area contributed by atoms with Gasteiger partial charge in [-0.25, -0.2) is 18.3 Å². The zero-order valence-corrected chi connectivity index (χ0v) is 53.3. The Balaban J connectivity index is 0.820. The van der Waals surface area contributed by atoms with E-state index >= 15 is 0 Å². The van der Waals surface area contributed by atoms with E-state index in [1.54, 1.807) is 0 Å². The minimum absolute atomic E-state index is 0.316. The third kappa shape index (κ3) is 12.4. The molecule has 4 atom stereocenters. The molecular weight excluding hydrogens is 1100 g/mol. The summed E-state index contributed by atoms with van der Waals surface area (Å²) in [5.41, 5.74) is 24.1. The highest BCUT2D eigenvalue weighted by Gasteiger charge is 2.41. The van der Waals surface area contributed by atoms with Gasteiger partial charge in [-0.15, -0.1) is 0 Å². The molecule has 11 aliphatic heterocycles. The Kier molecular flexibility index (Phi) is 17.1. The third-order valence-corrected chi connectivity index (χ3v) is 21.3. The van der Waals surface area contributed by atoms with Gasteiger partial charge in [-0.1, -0.05) is 85.6 Å². The van der Waals surface area contributed by atoms with Crippen molar-refractivity contribution in [2.45, 2.75) is 178 Å². The number of hydrogen-bond donors (Lipinski definition) is 0. The van der Waals surface area contributed by atoms with Crippen LogP contribution in [0.15, 0.2) is 171 Å². The zero-order valence-electron chi connectivity index (χ0n) is 53.3. The van der Waals surface area contributed by atoms with Gasteiger partial charge in [0.1, 0.15) is 36.1 Å². The van der Waals surface area contributed by atoms with Crippen molar-refractivity contribution < 1.29 is 37.2 Å². The van der Waals surface area contributed by atoms with E-state index in [1.165, 1.54) is 139 Å². The largest absolute Gasteiger partial charge is 0.496 e. The molecule has 9 aromatic rings. The van der Waals surface area contributed by atoms with E-state index in [1.807, 2.05) is 14.2 Å². The Morgan fingerprint density at radius 1 is 0.322 bits per heavy atom. The van der Waals surface area contributed by atoms with Crippen molar-refractivity contribution >= 4 is 0 Å². The maximum absolute atomic E-state index is 7.42. The fourth-order valence-electron chi connectivity index (χ4n) is 16.2. The van der Waals surface area contributed by atoms with Crippen LogP contribution in [0.2, 0.25) is 0 Å². The molecule has 4 aromatic heterocycles. The molecule has 16 aliphatic rings. The molecule has 8 heteroatoms. The molecule has 24 bridgehead atoms. The molecule has 8 nitrogen and oxygen atoms in total. The van der Waals surface area contributed by atoms with Gasteiger partial charge in [0.05, 0.1) is 27.4 Å². The van der Waals surface area contributed by atoms with E-state index < -0.39 is 0 Å². The number of ether oxygens (including phenoxy) is 4. The van der Waals surface area contributed by atoms with E-state index in [-0.39, 0.29) is 0 Å². The van der Waals surface area contributed by atoms with Gasteiger partial charge in [-0.05, 0) is 203 Å². The summed E-state index contributed by atoms with van der Waals surface area (Å²) >= 11 is 0. The predicted molar refractivity (Wildman–Crippen MR) is 355 cm³/mol. The molecule has 0 saturated heterocycles. The monoisotopic (exact) mass is 1190 g/mol. The van der Waals surface area contributed by atoms with Gasteiger partial charge >= 0.3 is 0 Å². The first-order chi connectivity index (χ1) is 44.4. The fourth-order valence-corrected chi connectivity index (χ4v) is 16.2. The van der Waals surface area contributed by atoms with E-state index in [0.29, 0.717) is 36.9 Å². The van der Waals surface area contributed by atoms with E-state index in [9.17, 15) is 0 Å². The van der Waals surface area contributed by atoms with Crippen LogP contribution in [-0.2, 0) is 64.7 Å². The second kappa shape index (κ2) is 26.4. The van der Waals surface area contributed by atoms with Crippen LogP contribution in [0, 0.1) is 0 Å². The molecule has 5 aliphatic carbocycles. The quantitative estimate of drug-likeness (QED) is 0.162. The van der Waals surface area contributed by atoms with Gasteiger partial charge in [0, 0.05) is 85.3 Å². The van der Waals surface area contributed by atoms with Crippen molar-refractivity contribution in [2.24, 2.45) is 0 Å². The number of nitrogens with zero attached hydrogens (tertiary/aromatic N) is 4. The smallest absolute Gasteiger partial charge is 0.173 e. The van der Waals surface area contributed by atoms with Crippen LogP contribution in [0.4, 0.5) is 0 Å². The first-order valence-corrected chi connectivity index (χ1v) is 34.4. The molecule has 2 saturated carbocycles. The highest BCUT2D eigenvalue weighted by atomic mass is 16.5. The normalized spacial score (nSPS) is 20.0. The van der Waals surface area contributed by atoms with Crippen LogP contribution >= 0.6 is 0 Å². The van der Waals surface area contributed by atoms with Gasteiger partial charge in [-0.3, -0.25) is 0 Å². The number of hydrogen-bond acceptors (Lipinski definition) is 4. The van der Waals surface area contributed by atoms with Crippen molar-refractivity contribution in [1.29, 1.82) is 0 Å². The molecule has 15 heterocycles. The Hall–Kier alpha value is -8.10. The molecule has 90 heavy (non-hydrogen) atoms. The summed E-state index contributed by atoms with van der Waals surface area (Å²) in [6.45, 7) is 4.86. The number of aromatic nitrogens is 4. The molecule has 458 valence electrons. The summed E-state index contributed by atoms with van der Waals surface area (Å²) in [5, 5.41) is 0. The van der Waals surface area contributed by atoms with E-state index in [0.717, 1.165) is 139 Å². The van der Waals surface area contributed by atoms with E-state index in [2.05, 4.69) is 189 Å². The first kappa shape index (κ1) is 58.3. The van der Waals surface area contributed by atoms with Crippen molar-refractivity contribution in [3.05, 3.63) is 249 Å². The fraction of sp³-hybridized carbons (Fsp3) is 0.390. The molecule has 0 spiro atoms. The molecule has 25 rings (SSSR count). The van der Waals surface area contributed by atoms with Crippen LogP contribution < -0.4 is 37.2 Å². The molecule has 5 aromatic carbocycles. The molecule has 0 unspecified atom stereocenters. The summed E-state index contributed by atoms with van der Waals surface area (Å²) in [4.78, 5) is 0. The molecule has 0 N–H and O–H groups in total. The topological polar surface area (TPSA) is 52.4 Å². The Bertz CT molecular complexity index is 3750. The lowest BCUT2D eigenvalue weighted by Gasteiger charge is -2.41. The molecular formula is C82H90N4O4+4. The summed E-state index contributed by atoms with van der Waals surface area (Å²) in [5.74, 6) is 5.66. The standard InChI is InChI=1S/C82H90N4O4/c1-87-79-67-45-59-13-5-3-7-16-62-48-70-54-68-46-60-14-6-4-8-15-61-47-69(53-67)81(78(52-61)74-24-22-72(74)76(50-60)80(68)88-2)89-43-11-9-33-83-35-25-63(26-36-83)65-29-39-85(40-30-65)55-57-17-19-58(20-18-57)56-86-41-31-66(32-42-86)64-27-37-84(38-28-64)34-10-12-44-90-82(70)77(51-62)73-23-21-71(73)75(79)49-59/h17-20,25-32,35-42,45-52,71-74H,3-16,21-24,33-34,43-44,53-56H2,1-2H3/q+4/t71-,72-,73+,74+/m0/s1. The number of methoxy groups -OCH3 is 2. The second-order valence-electron chi connectivity index (χ2n) is 27.3. The van der Waals surface area contributed by atoms with Crippen LogP contribution in [0.1, 0.15) is 191 Å². The minimum atomic E-state index is 0.316. The summed E-state index contributed by atoms with van der Waals surface area (Å²) < 4.78 is 37.7. The number of aryl methyl sites for hydroxylation is 6. The van der Waals surface area contributed by atoms with Crippen LogP contribution in [0.25, 0.3) is 22.3 Å².